The van der Waals surface area contributed by atoms with E-state index in [1.807, 2.05) is 31.2 Å². The number of halogens is 1. The highest BCUT2D eigenvalue weighted by Crippen LogP contribution is 2.34. The number of nitrogens with one attached hydrogen (secondary N) is 1. The first-order valence-electron chi connectivity index (χ1n) is 6.98. The molecule has 0 spiro atoms. The Hall–Kier alpha value is -1.52. The maximum atomic E-state index is 5.73. The Morgan fingerprint density at radius 2 is 1.86 bits per heavy atom. The van der Waals surface area contributed by atoms with Gasteiger partial charge in [-0.1, -0.05) is 46.3 Å². The van der Waals surface area contributed by atoms with Crippen molar-refractivity contribution in [2.75, 3.05) is 13.7 Å². The summed E-state index contributed by atoms with van der Waals surface area (Å²) in [6.45, 7) is 4.13. The zero-order valence-corrected chi connectivity index (χ0v) is 13.9. The summed E-state index contributed by atoms with van der Waals surface area (Å²) in [7, 11) is 1.66. The number of methoxy groups -OCH3 is 1. The van der Waals surface area contributed by atoms with E-state index in [1.54, 1.807) is 7.11 Å². The first kappa shape index (κ1) is 15.9. The first-order chi connectivity index (χ1) is 10.2. The van der Waals surface area contributed by atoms with Gasteiger partial charge in [-0.15, -0.1) is 0 Å². The highest BCUT2D eigenvalue weighted by Gasteiger charge is 2.12. The molecule has 0 saturated carbocycles. The van der Waals surface area contributed by atoms with Crippen LogP contribution in [0.3, 0.4) is 0 Å². The molecule has 3 nitrogen and oxygen atoms in total. The minimum atomic E-state index is 0.615. The van der Waals surface area contributed by atoms with Crippen molar-refractivity contribution in [1.82, 2.24) is 5.32 Å². The van der Waals surface area contributed by atoms with Gasteiger partial charge in [0.1, 0.15) is 0 Å². The minimum absolute atomic E-state index is 0.615. The zero-order chi connectivity index (χ0) is 15.1. The van der Waals surface area contributed by atoms with Crippen molar-refractivity contribution in [3.05, 3.63) is 58.1 Å². The van der Waals surface area contributed by atoms with Gasteiger partial charge in [-0.25, -0.2) is 0 Å². The molecule has 2 rings (SSSR count). The van der Waals surface area contributed by atoms with Gasteiger partial charge in [-0.3, -0.25) is 0 Å². The van der Waals surface area contributed by atoms with Crippen LogP contribution in [0.15, 0.2) is 46.9 Å². The SMILES string of the molecule is CCOc1c(CNCc2ccccc2)cc(Br)cc1OC. The minimum Gasteiger partial charge on any atom is -0.493 e. The Morgan fingerprint density at radius 1 is 1.10 bits per heavy atom. The van der Waals surface area contributed by atoms with Crippen LogP contribution in [0.2, 0.25) is 0 Å². The van der Waals surface area contributed by atoms with Gasteiger partial charge in [-0.05, 0) is 24.6 Å². The monoisotopic (exact) mass is 349 g/mol. The van der Waals surface area contributed by atoms with Gasteiger partial charge in [0.05, 0.1) is 13.7 Å². The van der Waals surface area contributed by atoms with Gasteiger partial charge >= 0.3 is 0 Å². The number of rotatable bonds is 7. The van der Waals surface area contributed by atoms with Crippen LogP contribution in [-0.4, -0.2) is 13.7 Å². The normalized spacial score (nSPS) is 10.4. The van der Waals surface area contributed by atoms with Crippen molar-refractivity contribution in [2.45, 2.75) is 20.0 Å². The molecular weight excluding hydrogens is 330 g/mol. The Balaban J connectivity index is 2.09. The predicted molar refractivity (Wildman–Crippen MR) is 88.8 cm³/mol. The molecule has 0 bridgehead atoms. The molecule has 0 fully saturated rings. The number of benzene rings is 2. The standard InChI is InChI=1S/C17H20BrNO2/c1-3-21-17-14(9-15(18)10-16(17)20-2)12-19-11-13-7-5-4-6-8-13/h4-10,19H,3,11-12H2,1-2H3. The van der Waals surface area contributed by atoms with Crippen LogP contribution in [0.25, 0.3) is 0 Å². The number of ether oxygens (including phenoxy) is 2. The van der Waals surface area contributed by atoms with Gasteiger partial charge < -0.3 is 14.8 Å². The van der Waals surface area contributed by atoms with Crippen molar-refractivity contribution in [3.63, 3.8) is 0 Å². The molecule has 2 aromatic carbocycles. The van der Waals surface area contributed by atoms with Crippen molar-refractivity contribution >= 4 is 15.9 Å². The Kier molecular flexibility index (Phi) is 6.08. The molecule has 4 heteroatoms. The van der Waals surface area contributed by atoms with E-state index < -0.39 is 0 Å². The second-order valence-corrected chi connectivity index (χ2v) is 5.53. The van der Waals surface area contributed by atoms with Crippen molar-refractivity contribution in [2.24, 2.45) is 0 Å². The lowest BCUT2D eigenvalue weighted by Crippen LogP contribution is -2.14. The molecule has 1 N–H and O–H groups in total. The third-order valence-electron chi connectivity index (χ3n) is 3.09. The maximum absolute atomic E-state index is 5.73. The Morgan fingerprint density at radius 3 is 2.52 bits per heavy atom. The fourth-order valence-electron chi connectivity index (χ4n) is 2.15. The fraction of sp³-hybridized carbons (Fsp3) is 0.294. The van der Waals surface area contributed by atoms with E-state index in [2.05, 4.69) is 39.4 Å². The van der Waals surface area contributed by atoms with Crippen LogP contribution >= 0.6 is 15.9 Å². The average molecular weight is 350 g/mol. The first-order valence-corrected chi connectivity index (χ1v) is 7.77. The fourth-order valence-corrected chi connectivity index (χ4v) is 2.64. The molecule has 0 unspecified atom stereocenters. The third kappa shape index (κ3) is 4.48. The van der Waals surface area contributed by atoms with E-state index in [9.17, 15) is 0 Å². The molecule has 0 aliphatic heterocycles. The van der Waals surface area contributed by atoms with Crippen LogP contribution in [0.5, 0.6) is 11.5 Å². The number of hydrogen-bond donors (Lipinski definition) is 1. The van der Waals surface area contributed by atoms with Crippen LogP contribution in [-0.2, 0) is 13.1 Å². The summed E-state index contributed by atoms with van der Waals surface area (Å²) in [6, 6.07) is 14.3. The summed E-state index contributed by atoms with van der Waals surface area (Å²) in [5.74, 6) is 1.56. The van der Waals surface area contributed by atoms with E-state index in [4.69, 9.17) is 9.47 Å². The summed E-state index contributed by atoms with van der Waals surface area (Å²) in [6.07, 6.45) is 0. The zero-order valence-electron chi connectivity index (χ0n) is 12.4. The van der Waals surface area contributed by atoms with E-state index in [0.29, 0.717) is 6.61 Å². The highest BCUT2D eigenvalue weighted by atomic mass is 79.9. The topological polar surface area (TPSA) is 30.5 Å². The van der Waals surface area contributed by atoms with Crippen molar-refractivity contribution in [3.8, 4) is 11.5 Å². The number of hydrogen-bond acceptors (Lipinski definition) is 3. The van der Waals surface area contributed by atoms with Gasteiger partial charge in [0.25, 0.3) is 0 Å². The molecule has 21 heavy (non-hydrogen) atoms. The highest BCUT2D eigenvalue weighted by molar-refractivity contribution is 9.10. The van der Waals surface area contributed by atoms with Crippen LogP contribution in [0.4, 0.5) is 0 Å². The van der Waals surface area contributed by atoms with E-state index in [1.165, 1.54) is 5.56 Å². The molecule has 2 aromatic rings. The lowest BCUT2D eigenvalue weighted by atomic mass is 10.1. The molecule has 0 aromatic heterocycles. The molecule has 0 atom stereocenters. The van der Waals surface area contributed by atoms with Crippen molar-refractivity contribution in [1.29, 1.82) is 0 Å². The lowest BCUT2D eigenvalue weighted by molar-refractivity contribution is 0.306. The van der Waals surface area contributed by atoms with Gasteiger partial charge in [0.15, 0.2) is 11.5 Å². The molecular formula is C17H20BrNO2. The average Bonchev–Trinajstić information content (AvgIpc) is 2.50. The summed E-state index contributed by atoms with van der Waals surface area (Å²) >= 11 is 3.51. The van der Waals surface area contributed by atoms with Gasteiger partial charge in [-0.2, -0.15) is 0 Å². The molecule has 0 aliphatic carbocycles. The second kappa shape index (κ2) is 8.05. The molecule has 0 saturated heterocycles. The summed E-state index contributed by atoms with van der Waals surface area (Å²) in [4.78, 5) is 0. The van der Waals surface area contributed by atoms with Crippen LogP contribution in [0, 0.1) is 0 Å². The second-order valence-electron chi connectivity index (χ2n) is 4.62. The summed E-state index contributed by atoms with van der Waals surface area (Å²) in [5.41, 5.74) is 2.34. The van der Waals surface area contributed by atoms with E-state index >= 15 is 0 Å². The molecule has 0 aliphatic rings. The molecule has 0 heterocycles. The van der Waals surface area contributed by atoms with Gasteiger partial charge in [0, 0.05) is 23.1 Å². The molecule has 0 radical (unpaired) electrons. The summed E-state index contributed by atoms with van der Waals surface area (Å²) < 4.78 is 12.1. The predicted octanol–water partition coefficient (Wildman–Crippen LogP) is 4.15. The molecule has 112 valence electrons. The smallest absolute Gasteiger partial charge is 0.165 e. The summed E-state index contributed by atoms with van der Waals surface area (Å²) in [5, 5.41) is 3.44. The largest absolute Gasteiger partial charge is 0.493 e. The quantitative estimate of drug-likeness (QED) is 0.814. The van der Waals surface area contributed by atoms with E-state index in [0.717, 1.165) is 34.6 Å². The van der Waals surface area contributed by atoms with Crippen LogP contribution in [0.1, 0.15) is 18.1 Å². The Bertz CT molecular complexity index is 573. The maximum Gasteiger partial charge on any atom is 0.165 e. The Labute approximate surface area is 134 Å². The van der Waals surface area contributed by atoms with Gasteiger partial charge in [0.2, 0.25) is 0 Å². The lowest BCUT2D eigenvalue weighted by Gasteiger charge is -2.15. The van der Waals surface area contributed by atoms with Crippen molar-refractivity contribution < 1.29 is 9.47 Å². The van der Waals surface area contributed by atoms with E-state index in [-0.39, 0.29) is 0 Å². The molecule has 0 amide bonds. The third-order valence-corrected chi connectivity index (χ3v) is 3.55. The van der Waals surface area contributed by atoms with Crippen LogP contribution < -0.4 is 14.8 Å².